The molecule has 82 valence electrons. The number of aryl methyl sites for hydroxylation is 2. The molecule has 0 spiro atoms. The fourth-order valence-corrected chi connectivity index (χ4v) is 1.33. The molecule has 0 unspecified atom stereocenters. The van der Waals surface area contributed by atoms with Crippen molar-refractivity contribution in [3.63, 3.8) is 0 Å². The van der Waals surface area contributed by atoms with Crippen LogP contribution in [0.5, 0.6) is 0 Å². The van der Waals surface area contributed by atoms with Crippen molar-refractivity contribution in [1.82, 2.24) is 15.4 Å². The van der Waals surface area contributed by atoms with Gasteiger partial charge in [0.1, 0.15) is 0 Å². The van der Waals surface area contributed by atoms with Gasteiger partial charge in [-0.3, -0.25) is 4.79 Å². The molecule has 0 saturated heterocycles. The second kappa shape index (κ2) is 4.14. The maximum Gasteiger partial charge on any atom is 0.256 e. The Kier molecular flexibility index (Phi) is 2.68. The van der Waals surface area contributed by atoms with E-state index in [1.54, 1.807) is 6.07 Å². The van der Waals surface area contributed by atoms with E-state index >= 15 is 0 Å². The summed E-state index contributed by atoms with van der Waals surface area (Å²) in [5.41, 5.74) is 2.87. The third-order valence-electron chi connectivity index (χ3n) is 2.43. The fraction of sp³-hybridized carbons (Fsp3) is 0.182. The van der Waals surface area contributed by atoms with Gasteiger partial charge >= 0.3 is 0 Å². The average molecular weight is 216 g/mol. The quantitative estimate of drug-likeness (QED) is 0.802. The first kappa shape index (κ1) is 10.4. The first-order valence-corrected chi connectivity index (χ1v) is 4.91. The molecule has 0 aliphatic rings. The van der Waals surface area contributed by atoms with Crippen molar-refractivity contribution >= 4 is 11.7 Å². The van der Waals surface area contributed by atoms with E-state index in [9.17, 15) is 4.79 Å². The smallest absolute Gasteiger partial charge is 0.256 e. The van der Waals surface area contributed by atoms with Crippen molar-refractivity contribution in [2.45, 2.75) is 13.8 Å². The van der Waals surface area contributed by atoms with Crippen molar-refractivity contribution in [2.24, 2.45) is 0 Å². The highest BCUT2D eigenvalue weighted by Gasteiger charge is 2.07. The van der Waals surface area contributed by atoms with Crippen LogP contribution < -0.4 is 5.32 Å². The average Bonchev–Trinajstić information content (AvgIpc) is 2.74. The van der Waals surface area contributed by atoms with E-state index in [4.69, 9.17) is 0 Å². The highest BCUT2D eigenvalue weighted by atomic mass is 16.1. The molecule has 0 aliphatic carbocycles. The Morgan fingerprint density at radius 2 is 2.12 bits per heavy atom. The normalized spacial score (nSPS) is 10.1. The molecule has 1 heterocycles. The minimum absolute atomic E-state index is 0.183. The number of carbonyl (C=O) groups excluding carboxylic acids is 1. The molecule has 0 aliphatic heterocycles. The summed E-state index contributed by atoms with van der Waals surface area (Å²) in [6.07, 6.45) is 1.46. The molecule has 1 amide bonds. The number of carbonyl (C=O) groups is 1. The van der Waals surface area contributed by atoms with Crippen LogP contribution in [0.1, 0.15) is 21.5 Å². The van der Waals surface area contributed by atoms with Gasteiger partial charge in [0.05, 0.1) is 6.20 Å². The van der Waals surface area contributed by atoms with Crippen LogP contribution >= 0.6 is 0 Å². The van der Waals surface area contributed by atoms with Crippen molar-refractivity contribution < 1.29 is 4.79 Å². The van der Waals surface area contributed by atoms with Crippen LogP contribution in [0.25, 0.3) is 0 Å². The van der Waals surface area contributed by atoms with Gasteiger partial charge < -0.3 is 5.32 Å². The summed E-state index contributed by atoms with van der Waals surface area (Å²) in [6, 6.07) is 5.57. The van der Waals surface area contributed by atoms with Gasteiger partial charge in [-0.25, -0.2) is 0 Å². The lowest BCUT2D eigenvalue weighted by molar-refractivity contribution is 0.102. The molecule has 0 atom stereocenters. The summed E-state index contributed by atoms with van der Waals surface area (Å²) in [5.74, 6) is 0.236. The van der Waals surface area contributed by atoms with Crippen molar-refractivity contribution in [3.05, 3.63) is 41.1 Å². The fourth-order valence-electron chi connectivity index (χ4n) is 1.33. The zero-order valence-corrected chi connectivity index (χ0v) is 9.11. The lowest BCUT2D eigenvalue weighted by Gasteiger charge is -2.04. The van der Waals surface area contributed by atoms with E-state index in [0.29, 0.717) is 11.4 Å². The van der Waals surface area contributed by atoms with E-state index in [-0.39, 0.29) is 5.91 Å². The number of aromatic amines is 1. The van der Waals surface area contributed by atoms with E-state index < -0.39 is 0 Å². The Balaban J connectivity index is 2.18. The zero-order valence-electron chi connectivity index (χ0n) is 9.11. The largest absolute Gasteiger partial charge is 0.304 e. The number of anilines is 1. The predicted octanol–water partition coefficient (Wildman–Crippen LogP) is 1.67. The molecule has 5 nitrogen and oxygen atoms in total. The van der Waals surface area contributed by atoms with Crippen LogP contribution in [-0.4, -0.2) is 21.3 Å². The van der Waals surface area contributed by atoms with Gasteiger partial charge in [0.2, 0.25) is 0 Å². The predicted molar refractivity (Wildman–Crippen MR) is 60.3 cm³/mol. The molecular formula is C11H12N4O. The molecule has 1 aromatic carbocycles. The number of nitrogens with zero attached hydrogens (tertiary/aromatic N) is 2. The van der Waals surface area contributed by atoms with Gasteiger partial charge in [0.25, 0.3) is 5.91 Å². The van der Waals surface area contributed by atoms with Crippen molar-refractivity contribution in [2.75, 3.05) is 5.32 Å². The molecule has 16 heavy (non-hydrogen) atoms. The highest BCUT2D eigenvalue weighted by molar-refractivity contribution is 6.03. The summed E-state index contributed by atoms with van der Waals surface area (Å²) in [7, 11) is 0. The Morgan fingerprint density at radius 1 is 1.31 bits per heavy atom. The molecule has 0 saturated carbocycles. The van der Waals surface area contributed by atoms with Crippen LogP contribution in [0.3, 0.4) is 0 Å². The third-order valence-corrected chi connectivity index (χ3v) is 2.43. The minimum Gasteiger partial charge on any atom is -0.304 e. The number of nitrogens with one attached hydrogen (secondary N) is 2. The molecule has 2 N–H and O–H groups in total. The van der Waals surface area contributed by atoms with Gasteiger partial charge in [-0.15, -0.1) is 5.10 Å². The Hall–Kier alpha value is -2.17. The van der Waals surface area contributed by atoms with E-state index in [1.807, 2.05) is 26.0 Å². The Labute approximate surface area is 92.9 Å². The van der Waals surface area contributed by atoms with E-state index in [0.717, 1.165) is 11.1 Å². The molecule has 5 heteroatoms. The number of hydrogen-bond acceptors (Lipinski definition) is 3. The summed E-state index contributed by atoms with van der Waals surface area (Å²) < 4.78 is 0. The van der Waals surface area contributed by atoms with Gasteiger partial charge in [-0.2, -0.15) is 10.3 Å². The van der Waals surface area contributed by atoms with Gasteiger partial charge in [0, 0.05) is 5.56 Å². The van der Waals surface area contributed by atoms with Gasteiger partial charge in [-0.05, 0) is 37.1 Å². The van der Waals surface area contributed by atoms with Gasteiger partial charge in [-0.1, -0.05) is 6.07 Å². The Bertz CT molecular complexity index is 505. The summed E-state index contributed by atoms with van der Waals surface area (Å²) in [5, 5.41) is 12.4. The Morgan fingerprint density at radius 3 is 2.75 bits per heavy atom. The molecule has 2 aromatic rings. The van der Waals surface area contributed by atoms with Crippen LogP contribution in [0.15, 0.2) is 24.4 Å². The topological polar surface area (TPSA) is 70.7 Å². The number of amides is 1. The number of hydrogen-bond donors (Lipinski definition) is 2. The standard InChI is InChI=1S/C11H12N4O/c1-7-3-4-9(5-8(7)2)11(16)13-10-6-12-15-14-10/h3-6H,1-2H3,(H2,12,13,14,15,16). The van der Waals surface area contributed by atoms with E-state index in [1.165, 1.54) is 6.20 Å². The maximum atomic E-state index is 11.8. The molecular weight excluding hydrogens is 204 g/mol. The summed E-state index contributed by atoms with van der Waals surface area (Å²) in [4.78, 5) is 11.8. The molecule has 1 aromatic heterocycles. The van der Waals surface area contributed by atoms with Gasteiger partial charge in [0.15, 0.2) is 5.82 Å². The second-order valence-electron chi connectivity index (χ2n) is 3.61. The second-order valence-corrected chi connectivity index (χ2v) is 3.61. The molecule has 0 fully saturated rings. The molecule has 0 bridgehead atoms. The van der Waals surface area contributed by atoms with Crippen molar-refractivity contribution in [1.29, 1.82) is 0 Å². The monoisotopic (exact) mass is 216 g/mol. The zero-order chi connectivity index (χ0) is 11.5. The third kappa shape index (κ3) is 2.08. The molecule has 0 radical (unpaired) electrons. The lowest BCUT2D eigenvalue weighted by Crippen LogP contribution is -2.12. The van der Waals surface area contributed by atoms with Crippen LogP contribution in [0.2, 0.25) is 0 Å². The molecule has 2 rings (SSSR count). The first-order chi connectivity index (χ1) is 7.66. The van der Waals surface area contributed by atoms with Crippen LogP contribution in [0.4, 0.5) is 5.82 Å². The maximum absolute atomic E-state index is 11.8. The SMILES string of the molecule is Cc1ccc(C(=O)Nc2cn[nH]n2)cc1C. The number of benzene rings is 1. The van der Waals surface area contributed by atoms with E-state index in [2.05, 4.69) is 20.7 Å². The first-order valence-electron chi connectivity index (χ1n) is 4.91. The number of rotatable bonds is 2. The number of H-pyrrole nitrogens is 1. The highest BCUT2D eigenvalue weighted by Crippen LogP contribution is 2.11. The van der Waals surface area contributed by atoms with Crippen LogP contribution in [-0.2, 0) is 0 Å². The minimum atomic E-state index is -0.183. The number of aromatic nitrogens is 3. The lowest BCUT2D eigenvalue weighted by atomic mass is 10.1. The summed E-state index contributed by atoms with van der Waals surface area (Å²) >= 11 is 0. The summed E-state index contributed by atoms with van der Waals surface area (Å²) in [6.45, 7) is 3.98. The van der Waals surface area contributed by atoms with Crippen molar-refractivity contribution in [3.8, 4) is 0 Å². The van der Waals surface area contributed by atoms with Crippen LogP contribution in [0, 0.1) is 13.8 Å².